The first-order valence-electron chi connectivity index (χ1n) is 6.19. The smallest absolute Gasteiger partial charge is 0.372 e. The van der Waals surface area contributed by atoms with E-state index in [0.29, 0.717) is 0 Å². The quantitative estimate of drug-likeness (QED) is 0.198. The van der Waals surface area contributed by atoms with Crippen LogP contribution in [0.25, 0.3) is 0 Å². The molecule has 0 spiro atoms. The molecular weight excluding hydrogens is 282 g/mol. The van der Waals surface area contributed by atoms with Gasteiger partial charge in [0.25, 0.3) is 0 Å². The van der Waals surface area contributed by atoms with E-state index in [1.54, 1.807) is 20.8 Å². The van der Waals surface area contributed by atoms with E-state index in [2.05, 4.69) is 22.7 Å². The summed E-state index contributed by atoms with van der Waals surface area (Å²) >= 11 is 3.97. The summed E-state index contributed by atoms with van der Waals surface area (Å²) in [5, 5.41) is 1.91. The van der Waals surface area contributed by atoms with Crippen molar-refractivity contribution in [1.82, 2.24) is 5.32 Å². The lowest BCUT2D eigenvalue weighted by molar-refractivity contribution is -0.151. The second kappa shape index (κ2) is 9.28. The number of nitrogens with one attached hydrogen (secondary N) is 2. The summed E-state index contributed by atoms with van der Waals surface area (Å²) in [4.78, 5) is 37.5. The Kier molecular flexibility index (Phi) is 8.51. The molecule has 0 aromatic rings. The number of thiol groups is 1. The molecule has 0 heterocycles. The fourth-order valence-corrected chi connectivity index (χ4v) is 1.35. The molecule has 2 atom stereocenters. The number of ether oxygens (including phenoxy) is 1. The average Bonchev–Trinajstić information content (AvgIpc) is 2.33. The average molecular weight is 302 g/mol. The summed E-state index contributed by atoms with van der Waals surface area (Å²) in [6.07, 6.45) is 0.610. The van der Waals surface area contributed by atoms with Crippen molar-refractivity contribution < 1.29 is 23.9 Å². The van der Waals surface area contributed by atoms with Crippen molar-refractivity contribution >= 4 is 36.5 Å². The van der Waals surface area contributed by atoms with Crippen LogP contribution in [0.3, 0.4) is 0 Å². The van der Waals surface area contributed by atoms with Gasteiger partial charge in [-0.3, -0.25) is 9.59 Å². The zero-order chi connectivity index (χ0) is 15.7. The number of Topliss-reactive ketones (excluding diaryl/α,β-unsaturated/α-hetero) is 1. The van der Waals surface area contributed by atoms with Crippen molar-refractivity contribution in [2.45, 2.75) is 51.0 Å². The number of rotatable bonds is 8. The summed E-state index contributed by atoms with van der Waals surface area (Å²) in [7, 11) is 0. The number of hydrogen-bond donors (Lipinski definition) is 3. The molecule has 0 fully saturated rings. The van der Waals surface area contributed by atoms with E-state index in [4.69, 9.17) is 10.3 Å². The van der Waals surface area contributed by atoms with Gasteiger partial charge in [-0.05, 0) is 27.2 Å². The lowest BCUT2D eigenvalue weighted by Crippen LogP contribution is -2.45. The van der Waals surface area contributed by atoms with Gasteiger partial charge in [-0.2, -0.15) is 12.6 Å². The van der Waals surface area contributed by atoms with Crippen LogP contribution in [-0.2, 0) is 19.1 Å². The van der Waals surface area contributed by atoms with Crippen molar-refractivity contribution in [2.24, 2.45) is 0 Å². The molecule has 7 nitrogen and oxygen atoms in total. The summed E-state index contributed by atoms with van der Waals surface area (Å²) in [5.74, 6) is -1.41. The fraction of sp³-hybridized carbons (Fsp3) is 0.667. The zero-order valence-corrected chi connectivity index (χ0v) is 12.6. The van der Waals surface area contributed by atoms with E-state index in [9.17, 15) is 14.4 Å². The highest BCUT2D eigenvalue weighted by atomic mass is 32.1. The molecule has 20 heavy (non-hydrogen) atoms. The Hall–Kier alpha value is -1.66. The molecule has 0 aliphatic carbocycles. The van der Waals surface area contributed by atoms with Crippen LogP contribution < -0.4 is 5.32 Å². The minimum Gasteiger partial charge on any atom is -0.461 e. The van der Waals surface area contributed by atoms with E-state index in [0.717, 1.165) is 6.21 Å². The third-order valence-electron chi connectivity index (χ3n) is 2.22. The molecule has 0 bridgehead atoms. The lowest BCUT2D eigenvalue weighted by Gasteiger charge is -2.19. The Morgan fingerprint density at radius 1 is 1.35 bits per heavy atom. The van der Waals surface area contributed by atoms with Crippen LogP contribution in [0.1, 0.15) is 33.6 Å². The number of carbonyl (C=O) groups is 3. The molecule has 0 aromatic heterocycles. The van der Waals surface area contributed by atoms with Crippen LogP contribution >= 0.6 is 12.6 Å². The molecule has 0 aromatic carbocycles. The molecule has 0 saturated carbocycles. The second-order valence-electron chi connectivity index (χ2n) is 4.49. The number of carbonyl (C=O) groups excluding carboxylic acids is 3. The predicted molar refractivity (Wildman–Crippen MR) is 74.9 cm³/mol. The number of nitrogens with zero attached hydrogens (tertiary/aromatic N) is 1. The van der Waals surface area contributed by atoms with E-state index in [1.807, 2.05) is 0 Å². The number of amides is 1. The Labute approximate surface area is 123 Å². The minimum atomic E-state index is -0.914. The first kappa shape index (κ1) is 18.3. The standard InChI is InChI=1S/C12H19N3O4S/c1-7(2)19-12(18)10(15-11(17)8(3)20)5-4-9(16)6-14-13/h6-8,10,13H,4-5H2,1-3H3,(H-,15,17,20)/p+1/t8-,10-/m0/s1. The van der Waals surface area contributed by atoms with Gasteiger partial charge >= 0.3 is 12.2 Å². The molecule has 0 aliphatic rings. The van der Waals surface area contributed by atoms with Crippen LogP contribution in [0, 0.1) is 5.53 Å². The van der Waals surface area contributed by atoms with Crippen molar-refractivity contribution in [3.05, 3.63) is 0 Å². The highest BCUT2D eigenvalue weighted by molar-refractivity contribution is 7.81. The molecule has 0 radical (unpaired) electrons. The normalized spacial score (nSPS) is 13.1. The number of esters is 1. The first-order chi connectivity index (χ1) is 9.27. The van der Waals surface area contributed by atoms with Crippen molar-refractivity contribution in [3.63, 3.8) is 0 Å². The molecule has 0 aliphatic heterocycles. The van der Waals surface area contributed by atoms with Crippen molar-refractivity contribution in [3.8, 4) is 0 Å². The SMILES string of the molecule is CC(C)OC(=O)[C@H](CCC(=O)C=[N+]=N)NC(=O)[C@H](C)S. The van der Waals surface area contributed by atoms with Gasteiger partial charge in [-0.1, -0.05) is 0 Å². The fourth-order valence-electron chi connectivity index (χ4n) is 1.28. The van der Waals surface area contributed by atoms with Gasteiger partial charge in [-0.25, -0.2) is 4.79 Å². The third kappa shape index (κ3) is 7.70. The van der Waals surface area contributed by atoms with Crippen LogP contribution in [-0.4, -0.2) is 46.1 Å². The van der Waals surface area contributed by atoms with Crippen LogP contribution in [0.5, 0.6) is 0 Å². The van der Waals surface area contributed by atoms with Crippen LogP contribution in [0.15, 0.2) is 0 Å². The summed E-state index contributed by atoms with van der Waals surface area (Å²) in [5.41, 5.74) is 6.54. The van der Waals surface area contributed by atoms with Crippen molar-refractivity contribution in [1.29, 1.82) is 5.53 Å². The molecule has 0 unspecified atom stereocenters. The Morgan fingerprint density at radius 2 is 1.95 bits per heavy atom. The van der Waals surface area contributed by atoms with Gasteiger partial charge in [0.1, 0.15) is 6.04 Å². The molecular formula is C12H20N3O4S+. The summed E-state index contributed by atoms with van der Waals surface area (Å²) in [6.45, 7) is 4.95. The molecule has 2 N–H and O–H groups in total. The predicted octanol–water partition coefficient (Wildman–Crippen LogP) is 0.400. The van der Waals surface area contributed by atoms with Gasteiger partial charge in [0, 0.05) is 6.42 Å². The van der Waals surface area contributed by atoms with Gasteiger partial charge in [0.15, 0.2) is 0 Å². The second-order valence-corrected chi connectivity index (χ2v) is 5.26. The summed E-state index contributed by atoms with van der Waals surface area (Å²) in [6, 6.07) is -0.914. The van der Waals surface area contributed by atoms with Crippen LogP contribution in [0.2, 0.25) is 0 Å². The Bertz CT molecular complexity index is 417. The summed E-state index contributed by atoms with van der Waals surface area (Å²) < 4.78 is 5.02. The molecule has 112 valence electrons. The third-order valence-corrected chi connectivity index (χ3v) is 2.45. The van der Waals surface area contributed by atoms with E-state index in [-0.39, 0.29) is 18.9 Å². The van der Waals surface area contributed by atoms with E-state index >= 15 is 0 Å². The van der Waals surface area contributed by atoms with E-state index < -0.39 is 29.0 Å². The highest BCUT2D eigenvalue weighted by Crippen LogP contribution is 2.05. The van der Waals surface area contributed by atoms with Crippen molar-refractivity contribution in [2.75, 3.05) is 0 Å². The maximum absolute atomic E-state index is 11.8. The van der Waals surface area contributed by atoms with E-state index in [1.165, 1.54) is 0 Å². The largest absolute Gasteiger partial charge is 0.461 e. The Balaban J connectivity index is 4.69. The monoisotopic (exact) mass is 302 g/mol. The van der Waals surface area contributed by atoms with Gasteiger partial charge in [0.2, 0.25) is 11.7 Å². The lowest BCUT2D eigenvalue weighted by atomic mass is 10.1. The Morgan fingerprint density at radius 3 is 2.40 bits per heavy atom. The van der Waals surface area contributed by atoms with Gasteiger partial charge in [-0.15, -0.1) is 0 Å². The highest BCUT2D eigenvalue weighted by Gasteiger charge is 2.25. The number of hydrogen-bond acceptors (Lipinski definition) is 6. The maximum Gasteiger partial charge on any atom is 0.372 e. The topological polar surface area (TPSA) is 110 Å². The maximum atomic E-state index is 11.8. The van der Waals surface area contributed by atoms with Gasteiger partial charge in [0.05, 0.1) is 21.7 Å². The molecule has 0 rings (SSSR count). The molecule has 1 amide bonds. The molecule has 0 saturated heterocycles. The minimum absolute atomic E-state index is 0.0124. The zero-order valence-electron chi connectivity index (χ0n) is 11.8. The van der Waals surface area contributed by atoms with Gasteiger partial charge < -0.3 is 10.1 Å². The number of ketones is 1. The first-order valence-corrected chi connectivity index (χ1v) is 6.71. The van der Waals surface area contributed by atoms with Crippen LogP contribution in [0.4, 0.5) is 0 Å². The molecule has 8 heteroatoms.